The van der Waals surface area contributed by atoms with Crippen LogP contribution in [0.3, 0.4) is 0 Å². The summed E-state index contributed by atoms with van der Waals surface area (Å²) >= 11 is 6.56. The second-order valence-electron chi connectivity index (χ2n) is 9.74. The van der Waals surface area contributed by atoms with Gasteiger partial charge in [0, 0.05) is 64.4 Å². The van der Waals surface area contributed by atoms with Gasteiger partial charge in [0.1, 0.15) is 5.82 Å². The molecule has 3 aromatic rings. The number of aromatic nitrogens is 1. The first-order valence-electron chi connectivity index (χ1n) is 11.8. The lowest BCUT2D eigenvalue weighted by molar-refractivity contribution is -0.124. The Morgan fingerprint density at radius 2 is 1.68 bits per heavy atom. The first-order chi connectivity index (χ1) is 17.0. The molecule has 4 rings (SSSR count). The van der Waals surface area contributed by atoms with Crippen LogP contribution in [0.25, 0.3) is 10.9 Å². The maximum absolute atomic E-state index is 13.7. The zero-order valence-electron chi connectivity index (χ0n) is 21.5. The minimum atomic E-state index is -0.636. The number of carbonyl (C=O) groups excluding carboxylic acids is 3. The topological polar surface area (TPSA) is 65.9 Å². The van der Waals surface area contributed by atoms with E-state index in [4.69, 9.17) is 11.6 Å². The predicted molar refractivity (Wildman–Crippen MR) is 145 cm³/mol. The van der Waals surface area contributed by atoms with Crippen molar-refractivity contribution in [2.75, 3.05) is 27.2 Å². The van der Waals surface area contributed by atoms with Crippen LogP contribution in [0.5, 0.6) is 0 Å². The molecule has 1 aromatic heterocycles. The maximum atomic E-state index is 13.7. The van der Waals surface area contributed by atoms with Crippen LogP contribution in [0.4, 0.5) is 4.39 Å². The summed E-state index contributed by atoms with van der Waals surface area (Å²) in [4.78, 5) is 44.1. The number of ketones is 1. The molecule has 0 N–H and O–H groups in total. The normalized spacial score (nSPS) is 18.0. The summed E-state index contributed by atoms with van der Waals surface area (Å²) in [5.41, 5.74) is 2.21. The lowest BCUT2D eigenvalue weighted by atomic mass is 10.0. The average molecular weight is 549 g/mol. The Morgan fingerprint density at radius 1 is 1.03 bits per heavy atom. The second-order valence-corrected chi connectivity index (χ2v) is 10.2. The van der Waals surface area contributed by atoms with Crippen molar-refractivity contribution in [1.82, 2.24) is 19.3 Å². The van der Waals surface area contributed by atoms with Crippen molar-refractivity contribution in [3.8, 4) is 0 Å². The molecule has 0 spiro atoms. The van der Waals surface area contributed by atoms with Crippen molar-refractivity contribution in [1.29, 1.82) is 0 Å². The van der Waals surface area contributed by atoms with E-state index in [0.717, 1.165) is 5.56 Å². The molecule has 1 aliphatic rings. The molecule has 2 aromatic carbocycles. The molecular formula is C27H31Cl2FN4O3. The van der Waals surface area contributed by atoms with Gasteiger partial charge in [-0.1, -0.05) is 23.7 Å². The summed E-state index contributed by atoms with van der Waals surface area (Å²) in [7, 11) is 4.81. The highest BCUT2D eigenvalue weighted by atomic mass is 35.5. The Balaban J connectivity index is 0.00000380. The molecule has 198 valence electrons. The molecule has 0 bridgehead atoms. The van der Waals surface area contributed by atoms with E-state index >= 15 is 0 Å². The zero-order valence-corrected chi connectivity index (χ0v) is 23.1. The summed E-state index contributed by atoms with van der Waals surface area (Å²) in [6.45, 7) is 5.85. The molecule has 1 saturated heterocycles. The first kappa shape index (κ1) is 28.6. The van der Waals surface area contributed by atoms with E-state index in [1.54, 1.807) is 47.0 Å². The summed E-state index contributed by atoms with van der Waals surface area (Å²) in [5.74, 6) is -1.75. The largest absolute Gasteiger partial charge is 0.350 e. The van der Waals surface area contributed by atoms with Crippen molar-refractivity contribution in [3.05, 3.63) is 70.1 Å². The average Bonchev–Trinajstić information content (AvgIpc) is 3.15. The lowest BCUT2D eigenvalue weighted by Crippen LogP contribution is -2.57. The number of benzene rings is 2. The van der Waals surface area contributed by atoms with E-state index in [9.17, 15) is 18.8 Å². The van der Waals surface area contributed by atoms with Crippen LogP contribution in [-0.4, -0.2) is 76.1 Å². The standard InChI is InChI=1S/C27H30ClFN4O3.ClH/c1-16-13-33(17(2)12-32(16)14-18-6-8-19(29)9-7-18)26(35)21-10-20-22(25(34)27(36)30(3)4)15-31(5)24(20)11-23(21)28;/h6-11,15-17H,12-14H2,1-5H3;1H. The second kappa shape index (κ2) is 11.2. The summed E-state index contributed by atoms with van der Waals surface area (Å²) in [5, 5.41) is 0.807. The molecule has 2 atom stereocenters. The van der Waals surface area contributed by atoms with Gasteiger partial charge in [0.05, 0.1) is 21.7 Å². The third-order valence-electron chi connectivity index (χ3n) is 6.83. The lowest BCUT2D eigenvalue weighted by Gasteiger charge is -2.44. The highest BCUT2D eigenvalue weighted by molar-refractivity contribution is 6.45. The minimum absolute atomic E-state index is 0. The van der Waals surface area contributed by atoms with Gasteiger partial charge in [0.15, 0.2) is 0 Å². The highest BCUT2D eigenvalue weighted by Gasteiger charge is 2.34. The van der Waals surface area contributed by atoms with Crippen molar-refractivity contribution in [2.24, 2.45) is 7.05 Å². The molecule has 0 saturated carbocycles. The van der Waals surface area contributed by atoms with Crippen molar-refractivity contribution >= 4 is 52.5 Å². The number of Topliss-reactive ketones (excluding diaryl/α,β-unsaturated/α-hetero) is 1. The first-order valence-corrected chi connectivity index (χ1v) is 12.2. The number of rotatable bonds is 5. The monoisotopic (exact) mass is 548 g/mol. The summed E-state index contributed by atoms with van der Waals surface area (Å²) in [6, 6.07) is 9.74. The molecule has 0 radical (unpaired) electrons. The number of hydrogen-bond donors (Lipinski definition) is 0. The van der Waals surface area contributed by atoms with Gasteiger partial charge in [-0.15, -0.1) is 12.4 Å². The summed E-state index contributed by atoms with van der Waals surface area (Å²) < 4.78 is 15.0. The smallest absolute Gasteiger partial charge is 0.294 e. The number of aryl methyl sites for hydroxylation is 1. The molecule has 2 unspecified atom stereocenters. The third-order valence-corrected chi connectivity index (χ3v) is 7.14. The fourth-order valence-corrected chi connectivity index (χ4v) is 4.99. The SMILES string of the molecule is CC1CN(C(=O)c2cc3c(C(=O)C(=O)N(C)C)cn(C)c3cc2Cl)C(C)CN1Cc1ccc(F)cc1.Cl. The number of piperazine rings is 1. The maximum Gasteiger partial charge on any atom is 0.294 e. The van der Waals surface area contributed by atoms with Gasteiger partial charge in [-0.3, -0.25) is 19.3 Å². The van der Waals surface area contributed by atoms with E-state index in [0.29, 0.717) is 41.1 Å². The van der Waals surface area contributed by atoms with Crippen molar-refractivity contribution in [3.63, 3.8) is 0 Å². The highest BCUT2D eigenvalue weighted by Crippen LogP contribution is 2.30. The Labute approximate surface area is 227 Å². The van der Waals surface area contributed by atoms with Crippen LogP contribution in [0.15, 0.2) is 42.6 Å². The van der Waals surface area contributed by atoms with Crippen LogP contribution < -0.4 is 0 Å². The summed E-state index contributed by atoms with van der Waals surface area (Å²) in [6.07, 6.45) is 1.60. The molecule has 2 amide bonds. The van der Waals surface area contributed by atoms with E-state index in [-0.39, 0.29) is 41.8 Å². The number of likely N-dealkylation sites (N-methyl/N-ethyl adjacent to an activating group) is 1. The minimum Gasteiger partial charge on any atom is -0.350 e. The van der Waals surface area contributed by atoms with Gasteiger partial charge in [0.2, 0.25) is 0 Å². The van der Waals surface area contributed by atoms with Gasteiger partial charge in [-0.2, -0.15) is 0 Å². The number of carbonyl (C=O) groups is 3. The van der Waals surface area contributed by atoms with Gasteiger partial charge in [-0.05, 0) is 43.7 Å². The molecule has 1 aliphatic heterocycles. The molecule has 2 heterocycles. The number of hydrogen-bond acceptors (Lipinski definition) is 4. The van der Waals surface area contributed by atoms with E-state index < -0.39 is 11.7 Å². The Hall–Kier alpha value is -2.94. The molecule has 7 nitrogen and oxygen atoms in total. The third kappa shape index (κ3) is 5.66. The predicted octanol–water partition coefficient (Wildman–Crippen LogP) is 4.40. The number of halogens is 3. The van der Waals surface area contributed by atoms with Gasteiger partial charge in [0.25, 0.3) is 17.6 Å². The van der Waals surface area contributed by atoms with Crippen LogP contribution in [0.2, 0.25) is 5.02 Å². The van der Waals surface area contributed by atoms with E-state index in [2.05, 4.69) is 11.8 Å². The molecular weight excluding hydrogens is 518 g/mol. The van der Waals surface area contributed by atoms with Crippen LogP contribution in [0, 0.1) is 5.82 Å². The number of nitrogens with zero attached hydrogens (tertiary/aromatic N) is 4. The van der Waals surface area contributed by atoms with E-state index in [1.165, 1.54) is 31.1 Å². The molecule has 1 fully saturated rings. The van der Waals surface area contributed by atoms with Gasteiger partial charge >= 0.3 is 0 Å². The molecule has 0 aliphatic carbocycles. The van der Waals surface area contributed by atoms with Crippen molar-refractivity contribution < 1.29 is 18.8 Å². The van der Waals surface area contributed by atoms with Crippen LogP contribution >= 0.6 is 24.0 Å². The Kier molecular flexibility index (Phi) is 8.67. The Morgan fingerprint density at radius 3 is 2.30 bits per heavy atom. The van der Waals surface area contributed by atoms with E-state index in [1.807, 2.05) is 6.92 Å². The molecule has 10 heteroatoms. The quantitative estimate of drug-likeness (QED) is 0.350. The zero-order chi connectivity index (χ0) is 26.3. The fourth-order valence-electron chi connectivity index (χ4n) is 4.75. The fraction of sp³-hybridized carbons (Fsp3) is 0.370. The Bertz CT molecular complexity index is 1340. The number of fused-ring (bicyclic) bond motifs is 1. The van der Waals surface area contributed by atoms with Crippen LogP contribution in [0.1, 0.15) is 40.1 Å². The van der Waals surface area contributed by atoms with Gasteiger partial charge in [-0.25, -0.2) is 4.39 Å². The van der Waals surface area contributed by atoms with Crippen molar-refractivity contribution in [2.45, 2.75) is 32.5 Å². The van der Waals surface area contributed by atoms with Gasteiger partial charge < -0.3 is 14.4 Å². The molecule has 37 heavy (non-hydrogen) atoms. The van der Waals surface area contributed by atoms with Crippen LogP contribution in [-0.2, 0) is 18.4 Å². The number of amides is 2.